The van der Waals surface area contributed by atoms with Gasteiger partial charge in [-0.2, -0.15) is 5.26 Å². The summed E-state index contributed by atoms with van der Waals surface area (Å²) in [5.41, 5.74) is 2.59. The van der Waals surface area contributed by atoms with Crippen LogP contribution in [0.2, 0.25) is 0 Å². The third-order valence-electron chi connectivity index (χ3n) is 4.01. The number of pyridine rings is 1. The SMILES string of the molecule is Cc1ccnc(-c2ccc([N+](=O)[O-])c(OCc3ccc(F)cc3)c2)c1C#N. The highest BCUT2D eigenvalue weighted by Crippen LogP contribution is 2.33. The molecule has 0 unspecified atom stereocenters. The number of nitriles is 1. The molecule has 3 rings (SSSR count). The number of ether oxygens (including phenoxy) is 1. The number of aryl methyl sites for hydroxylation is 1. The van der Waals surface area contributed by atoms with E-state index in [0.717, 1.165) is 5.56 Å². The Hall–Kier alpha value is -3.79. The lowest BCUT2D eigenvalue weighted by Crippen LogP contribution is -2.00. The Bertz CT molecular complexity index is 1040. The molecule has 0 fully saturated rings. The summed E-state index contributed by atoms with van der Waals surface area (Å²) in [6, 6.07) is 13.8. The van der Waals surface area contributed by atoms with Gasteiger partial charge in [0.05, 0.1) is 16.2 Å². The molecule has 2 aromatic carbocycles. The zero-order valence-electron chi connectivity index (χ0n) is 14.3. The van der Waals surface area contributed by atoms with Gasteiger partial charge < -0.3 is 4.74 Å². The van der Waals surface area contributed by atoms with Crippen LogP contribution in [-0.4, -0.2) is 9.91 Å². The first-order chi connectivity index (χ1) is 13.0. The molecule has 1 aromatic heterocycles. The fourth-order valence-electron chi connectivity index (χ4n) is 2.59. The first-order valence-corrected chi connectivity index (χ1v) is 8.01. The van der Waals surface area contributed by atoms with Crippen molar-refractivity contribution < 1.29 is 14.1 Å². The maximum atomic E-state index is 13.0. The van der Waals surface area contributed by atoms with Crippen LogP contribution in [0.3, 0.4) is 0 Å². The van der Waals surface area contributed by atoms with Crippen molar-refractivity contribution in [1.29, 1.82) is 5.26 Å². The molecule has 0 atom stereocenters. The van der Waals surface area contributed by atoms with E-state index in [0.29, 0.717) is 22.4 Å². The molecule has 0 saturated heterocycles. The Balaban J connectivity index is 1.98. The highest BCUT2D eigenvalue weighted by atomic mass is 19.1. The largest absolute Gasteiger partial charge is 0.482 e. The standard InChI is InChI=1S/C20H14FN3O3/c1-13-8-9-23-20(17(13)11-22)15-4-7-18(24(25)26)19(10-15)27-12-14-2-5-16(21)6-3-14/h2-10H,12H2,1H3. The zero-order chi connectivity index (χ0) is 19.4. The zero-order valence-corrected chi connectivity index (χ0v) is 14.3. The number of hydrogen-bond donors (Lipinski definition) is 0. The van der Waals surface area contributed by atoms with Crippen LogP contribution < -0.4 is 4.74 Å². The Labute approximate surface area is 154 Å². The lowest BCUT2D eigenvalue weighted by atomic mass is 10.0. The average Bonchev–Trinajstić information content (AvgIpc) is 2.67. The molecular weight excluding hydrogens is 349 g/mol. The van der Waals surface area contributed by atoms with Crippen LogP contribution in [0.5, 0.6) is 5.75 Å². The van der Waals surface area contributed by atoms with Crippen LogP contribution in [0.15, 0.2) is 54.7 Å². The van der Waals surface area contributed by atoms with Crippen molar-refractivity contribution in [2.75, 3.05) is 0 Å². The summed E-state index contributed by atoms with van der Waals surface area (Å²) < 4.78 is 18.6. The van der Waals surface area contributed by atoms with Gasteiger partial charge in [-0.15, -0.1) is 0 Å². The third-order valence-corrected chi connectivity index (χ3v) is 4.01. The Morgan fingerprint density at radius 1 is 1.22 bits per heavy atom. The van der Waals surface area contributed by atoms with E-state index in [4.69, 9.17) is 4.74 Å². The van der Waals surface area contributed by atoms with E-state index < -0.39 is 4.92 Å². The van der Waals surface area contributed by atoms with Crippen LogP contribution in [0.25, 0.3) is 11.3 Å². The summed E-state index contributed by atoms with van der Waals surface area (Å²) in [6.07, 6.45) is 1.58. The van der Waals surface area contributed by atoms with Crippen LogP contribution in [0.4, 0.5) is 10.1 Å². The second-order valence-corrected chi connectivity index (χ2v) is 5.82. The summed E-state index contributed by atoms with van der Waals surface area (Å²) >= 11 is 0. The van der Waals surface area contributed by atoms with Crippen LogP contribution in [0.1, 0.15) is 16.7 Å². The number of nitro benzene ring substituents is 1. The van der Waals surface area contributed by atoms with Crippen molar-refractivity contribution in [3.63, 3.8) is 0 Å². The summed E-state index contributed by atoms with van der Waals surface area (Å²) in [6.45, 7) is 1.83. The van der Waals surface area contributed by atoms with Crippen molar-refractivity contribution in [3.8, 4) is 23.1 Å². The number of nitrogens with zero attached hydrogens (tertiary/aromatic N) is 3. The van der Waals surface area contributed by atoms with Gasteiger partial charge in [-0.1, -0.05) is 12.1 Å². The quantitative estimate of drug-likeness (QED) is 0.490. The lowest BCUT2D eigenvalue weighted by molar-refractivity contribution is -0.385. The molecule has 27 heavy (non-hydrogen) atoms. The summed E-state index contributed by atoms with van der Waals surface area (Å²) in [7, 11) is 0. The van der Waals surface area contributed by atoms with Gasteiger partial charge in [0, 0.05) is 17.8 Å². The second kappa shape index (κ2) is 7.62. The summed E-state index contributed by atoms with van der Waals surface area (Å²) in [4.78, 5) is 15.0. The van der Waals surface area contributed by atoms with Crippen molar-refractivity contribution in [3.05, 3.63) is 87.3 Å². The van der Waals surface area contributed by atoms with E-state index in [-0.39, 0.29) is 23.9 Å². The van der Waals surface area contributed by atoms with Gasteiger partial charge in [0.15, 0.2) is 5.75 Å². The van der Waals surface area contributed by atoms with Gasteiger partial charge in [0.1, 0.15) is 18.5 Å². The van der Waals surface area contributed by atoms with Gasteiger partial charge in [-0.25, -0.2) is 4.39 Å². The highest BCUT2D eigenvalue weighted by molar-refractivity contribution is 5.71. The van der Waals surface area contributed by atoms with E-state index in [1.165, 1.54) is 30.3 Å². The molecule has 3 aromatic rings. The minimum absolute atomic E-state index is 0.0386. The number of nitro groups is 1. The van der Waals surface area contributed by atoms with Crippen molar-refractivity contribution >= 4 is 5.69 Å². The minimum Gasteiger partial charge on any atom is -0.482 e. The monoisotopic (exact) mass is 363 g/mol. The van der Waals surface area contributed by atoms with Crippen molar-refractivity contribution in [2.24, 2.45) is 0 Å². The van der Waals surface area contributed by atoms with E-state index >= 15 is 0 Å². The molecule has 134 valence electrons. The highest BCUT2D eigenvalue weighted by Gasteiger charge is 2.18. The molecule has 0 aliphatic rings. The smallest absolute Gasteiger partial charge is 0.310 e. The third kappa shape index (κ3) is 3.90. The van der Waals surface area contributed by atoms with Crippen LogP contribution in [-0.2, 0) is 6.61 Å². The first kappa shape index (κ1) is 18.0. The van der Waals surface area contributed by atoms with E-state index in [1.54, 1.807) is 31.3 Å². The lowest BCUT2D eigenvalue weighted by Gasteiger charge is -2.10. The van der Waals surface area contributed by atoms with E-state index in [9.17, 15) is 19.8 Å². The minimum atomic E-state index is -0.543. The van der Waals surface area contributed by atoms with Gasteiger partial charge in [0.2, 0.25) is 0 Å². The number of hydrogen-bond acceptors (Lipinski definition) is 5. The number of aromatic nitrogens is 1. The Morgan fingerprint density at radius 3 is 2.63 bits per heavy atom. The Morgan fingerprint density at radius 2 is 1.96 bits per heavy atom. The predicted molar refractivity (Wildman–Crippen MR) is 96.5 cm³/mol. The molecule has 0 amide bonds. The normalized spacial score (nSPS) is 10.3. The summed E-state index contributed by atoms with van der Waals surface area (Å²) in [5.74, 6) is -0.324. The van der Waals surface area contributed by atoms with Gasteiger partial charge in [-0.05, 0) is 48.4 Å². The molecule has 6 nitrogen and oxygen atoms in total. The van der Waals surface area contributed by atoms with Gasteiger partial charge >= 0.3 is 5.69 Å². The topological polar surface area (TPSA) is 89.1 Å². The first-order valence-electron chi connectivity index (χ1n) is 8.01. The molecule has 0 aliphatic heterocycles. The molecule has 0 spiro atoms. The number of benzene rings is 2. The van der Waals surface area contributed by atoms with Gasteiger partial charge in [0.25, 0.3) is 0 Å². The molecule has 0 N–H and O–H groups in total. The summed E-state index contributed by atoms with van der Waals surface area (Å²) in [5, 5.41) is 20.7. The molecular formula is C20H14FN3O3. The Kier molecular flexibility index (Phi) is 5.08. The molecule has 0 aliphatic carbocycles. The molecule has 1 heterocycles. The fraction of sp³-hybridized carbons (Fsp3) is 0.100. The fourth-order valence-corrected chi connectivity index (χ4v) is 2.59. The van der Waals surface area contributed by atoms with Crippen molar-refractivity contribution in [1.82, 2.24) is 4.98 Å². The molecule has 7 heteroatoms. The van der Waals surface area contributed by atoms with E-state index in [2.05, 4.69) is 11.1 Å². The van der Waals surface area contributed by atoms with E-state index in [1.807, 2.05) is 0 Å². The molecule has 0 bridgehead atoms. The van der Waals surface area contributed by atoms with Crippen LogP contribution in [0, 0.1) is 34.2 Å². The molecule has 0 radical (unpaired) electrons. The van der Waals surface area contributed by atoms with Crippen LogP contribution >= 0.6 is 0 Å². The maximum absolute atomic E-state index is 13.0. The molecule has 0 saturated carbocycles. The second-order valence-electron chi connectivity index (χ2n) is 5.82. The average molecular weight is 363 g/mol. The number of rotatable bonds is 5. The van der Waals surface area contributed by atoms with Gasteiger partial charge in [-0.3, -0.25) is 15.1 Å². The number of halogens is 1. The van der Waals surface area contributed by atoms with Crippen molar-refractivity contribution in [2.45, 2.75) is 13.5 Å². The predicted octanol–water partition coefficient (Wildman–Crippen LogP) is 4.56. The maximum Gasteiger partial charge on any atom is 0.310 e.